The lowest BCUT2D eigenvalue weighted by atomic mass is 10.3. The summed E-state index contributed by atoms with van der Waals surface area (Å²) in [6.45, 7) is 0. The van der Waals surface area contributed by atoms with Crippen molar-refractivity contribution >= 4 is 37.5 Å². The summed E-state index contributed by atoms with van der Waals surface area (Å²) in [4.78, 5) is 27.4. The molecule has 0 amide bonds. The zero-order valence-corrected chi connectivity index (χ0v) is 11.7. The van der Waals surface area contributed by atoms with E-state index in [9.17, 15) is 14.0 Å². The number of aromatic nitrogens is 2. The molecule has 96 valence electrons. The molecule has 0 fully saturated rings. The lowest BCUT2D eigenvalue weighted by molar-refractivity contribution is 0.627. The number of nitrogens with zero attached hydrogens (tertiary/aromatic N) is 1. The van der Waals surface area contributed by atoms with Gasteiger partial charge in [-0.25, -0.2) is 13.8 Å². The van der Waals surface area contributed by atoms with Crippen molar-refractivity contribution in [2.45, 2.75) is 0 Å². The first kappa shape index (κ1) is 12.3. The minimum Gasteiger partial charge on any atom is -0.298 e. The van der Waals surface area contributed by atoms with Crippen LogP contribution in [0.3, 0.4) is 0 Å². The van der Waals surface area contributed by atoms with Gasteiger partial charge in [0.2, 0.25) is 0 Å². The van der Waals surface area contributed by atoms with Gasteiger partial charge in [-0.05, 0) is 46.3 Å². The topological polar surface area (TPSA) is 54.9 Å². The molecule has 0 unspecified atom stereocenters. The Kier molecular flexibility index (Phi) is 2.87. The highest BCUT2D eigenvalue weighted by Gasteiger charge is 2.11. The van der Waals surface area contributed by atoms with Crippen molar-refractivity contribution in [2.24, 2.45) is 0 Å². The predicted molar refractivity (Wildman–Crippen MR) is 75.7 cm³/mol. The third-order valence-corrected chi connectivity index (χ3v) is 4.20. The Morgan fingerprint density at radius 3 is 2.58 bits per heavy atom. The number of H-pyrrole nitrogens is 1. The van der Waals surface area contributed by atoms with Crippen LogP contribution < -0.4 is 11.2 Å². The molecule has 7 heteroatoms. The van der Waals surface area contributed by atoms with E-state index in [4.69, 9.17) is 0 Å². The summed E-state index contributed by atoms with van der Waals surface area (Å²) in [5, 5.41) is 0.417. The van der Waals surface area contributed by atoms with Gasteiger partial charge in [0.05, 0.1) is 14.9 Å². The molecule has 3 rings (SSSR count). The van der Waals surface area contributed by atoms with Crippen molar-refractivity contribution in [3.63, 3.8) is 0 Å². The van der Waals surface area contributed by atoms with Crippen molar-refractivity contribution in [1.82, 2.24) is 9.55 Å². The van der Waals surface area contributed by atoms with E-state index < -0.39 is 17.1 Å². The molecule has 0 spiro atoms. The Bertz CT molecular complexity index is 879. The third-order valence-electron chi connectivity index (χ3n) is 2.64. The van der Waals surface area contributed by atoms with Crippen LogP contribution in [0.15, 0.2) is 43.7 Å². The maximum atomic E-state index is 12.9. The number of aromatic amines is 1. The van der Waals surface area contributed by atoms with Crippen molar-refractivity contribution in [3.05, 3.63) is 60.8 Å². The van der Waals surface area contributed by atoms with E-state index in [-0.39, 0.29) is 0 Å². The number of fused-ring (bicyclic) bond motifs is 1. The highest BCUT2D eigenvalue weighted by molar-refractivity contribution is 9.11. The maximum absolute atomic E-state index is 12.9. The summed E-state index contributed by atoms with van der Waals surface area (Å²) in [5.41, 5.74) is -0.636. The Labute approximate surface area is 118 Å². The predicted octanol–water partition coefficient (Wildman–Crippen LogP) is 2.64. The summed E-state index contributed by atoms with van der Waals surface area (Å²) in [6.07, 6.45) is 0. The average Bonchev–Trinajstić information content (AvgIpc) is 2.72. The van der Waals surface area contributed by atoms with Crippen LogP contribution >= 0.6 is 27.3 Å². The van der Waals surface area contributed by atoms with Crippen LogP contribution in [0.25, 0.3) is 15.9 Å². The SMILES string of the molecule is O=c1[nH]c2sc(Br)cc2c(=O)n1-c1ccc(F)cc1. The van der Waals surface area contributed by atoms with E-state index in [0.717, 1.165) is 8.35 Å². The number of halogens is 2. The standard InChI is InChI=1S/C12H6BrFN2O2S/c13-9-5-8-10(19-9)15-12(18)16(11(8)17)7-3-1-6(14)2-4-7/h1-5H,(H,15,18). The lowest BCUT2D eigenvalue weighted by Gasteiger charge is -2.04. The van der Waals surface area contributed by atoms with Crippen molar-refractivity contribution in [1.29, 1.82) is 0 Å². The van der Waals surface area contributed by atoms with E-state index >= 15 is 0 Å². The molecule has 2 aromatic heterocycles. The van der Waals surface area contributed by atoms with Crippen molar-refractivity contribution < 1.29 is 4.39 Å². The van der Waals surface area contributed by atoms with Gasteiger partial charge in [0, 0.05) is 0 Å². The second-order valence-electron chi connectivity index (χ2n) is 3.84. The number of nitrogens with one attached hydrogen (secondary N) is 1. The molecule has 0 aliphatic heterocycles. The molecular formula is C12H6BrFN2O2S. The monoisotopic (exact) mass is 340 g/mol. The van der Waals surface area contributed by atoms with Gasteiger partial charge in [0.25, 0.3) is 5.56 Å². The van der Waals surface area contributed by atoms with Gasteiger partial charge in [-0.2, -0.15) is 0 Å². The summed E-state index contributed by atoms with van der Waals surface area (Å²) >= 11 is 4.55. The first-order valence-electron chi connectivity index (χ1n) is 5.26. The van der Waals surface area contributed by atoms with E-state index in [1.54, 1.807) is 6.07 Å². The summed E-state index contributed by atoms with van der Waals surface area (Å²) < 4.78 is 14.6. The van der Waals surface area contributed by atoms with Crippen molar-refractivity contribution in [3.8, 4) is 5.69 Å². The molecule has 0 bridgehead atoms. The number of benzene rings is 1. The largest absolute Gasteiger partial charge is 0.334 e. The summed E-state index contributed by atoms with van der Waals surface area (Å²) in [6, 6.07) is 6.83. The quantitative estimate of drug-likeness (QED) is 0.740. The highest BCUT2D eigenvalue weighted by atomic mass is 79.9. The van der Waals surface area contributed by atoms with Crippen LogP contribution in [0, 0.1) is 5.82 Å². The fourth-order valence-electron chi connectivity index (χ4n) is 1.80. The molecule has 0 atom stereocenters. The molecule has 0 saturated carbocycles. The third kappa shape index (κ3) is 2.04. The molecule has 19 heavy (non-hydrogen) atoms. The highest BCUT2D eigenvalue weighted by Crippen LogP contribution is 2.25. The number of rotatable bonds is 1. The number of thiophene rings is 1. The normalized spacial score (nSPS) is 11.1. The van der Waals surface area contributed by atoms with Crippen LogP contribution in [-0.4, -0.2) is 9.55 Å². The van der Waals surface area contributed by atoms with Crippen LogP contribution in [0.1, 0.15) is 0 Å². The molecule has 0 saturated heterocycles. The molecule has 3 aromatic rings. The number of hydrogen-bond donors (Lipinski definition) is 1. The van der Waals surface area contributed by atoms with E-state index in [2.05, 4.69) is 20.9 Å². The Morgan fingerprint density at radius 1 is 1.21 bits per heavy atom. The Balaban J connectivity index is 2.38. The molecule has 0 aliphatic rings. The van der Waals surface area contributed by atoms with Crippen LogP contribution in [0.2, 0.25) is 0 Å². The molecule has 2 heterocycles. The van der Waals surface area contributed by atoms with Crippen molar-refractivity contribution in [2.75, 3.05) is 0 Å². The molecule has 0 aliphatic carbocycles. The second-order valence-corrected chi connectivity index (χ2v) is 6.27. The minimum absolute atomic E-state index is 0.330. The Morgan fingerprint density at radius 2 is 1.89 bits per heavy atom. The van der Waals surface area contributed by atoms with Gasteiger partial charge in [0.15, 0.2) is 0 Å². The van der Waals surface area contributed by atoms with Gasteiger partial charge in [-0.3, -0.25) is 9.78 Å². The van der Waals surface area contributed by atoms with Crippen LogP contribution in [-0.2, 0) is 0 Å². The van der Waals surface area contributed by atoms with Gasteiger partial charge in [-0.1, -0.05) is 0 Å². The zero-order valence-electron chi connectivity index (χ0n) is 9.31. The fourth-order valence-corrected chi connectivity index (χ4v) is 3.28. The fraction of sp³-hybridized carbons (Fsp3) is 0. The first-order valence-corrected chi connectivity index (χ1v) is 6.87. The van der Waals surface area contributed by atoms with Gasteiger partial charge < -0.3 is 0 Å². The average molecular weight is 341 g/mol. The molecule has 4 nitrogen and oxygen atoms in total. The van der Waals surface area contributed by atoms with E-state index in [1.807, 2.05) is 0 Å². The van der Waals surface area contributed by atoms with E-state index in [0.29, 0.717) is 15.9 Å². The Hall–Kier alpha value is -1.73. The lowest BCUT2D eigenvalue weighted by Crippen LogP contribution is -2.33. The molecule has 1 N–H and O–H groups in total. The first-order chi connectivity index (χ1) is 9.06. The van der Waals surface area contributed by atoms with Gasteiger partial charge in [0.1, 0.15) is 10.6 Å². The summed E-state index contributed by atoms with van der Waals surface area (Å²) in [7, 11) is 0. The minimum atomic E-state index is -0.543. The zero-order chi connectivity index (χ0) is 13.6. The molecule has 1 aromatic carbocycles. The second kappa shape index (κ2) is 4.43. The smallest absolute Gasteiger partial charge is 0.298 e. The van der Waals surface area contributed by atoms with Crippen LogP contribution in [0.4, 0.5) is 4.39 Å². The van der Waals surface area contributed by atoms with E-state index in [1.165, 1.54) is 35.6 Å². The maximum Gasteiger partial charge on any atom is 0.334 e. The molecular weight excluding hydrogens is 335 g/mol. The summed E-state index contributed by atoms with van der Waals surface area (Å²) in [5.74, 6) is -0.424. The molecule has 0 radical (unpaired) electrons. The van der Waals surface area contributed by atoms with Gasteiger partial charge >= 0.3 is 5.69 Å². The van der Waals surface area contributed by atoms with Gasteiger partial charge in [-0.15, -0.1) is 11.3 Å². The number of hydrogen-bond acceptors (Lipinski definition) is 3. The van der Waals surface area contributed by atoms with Crippen LogP contribution in [0.5, 0.6) is 0 Å².